The molecule has 0 radical (unpaired) electrons. The molecule has 2 heteroatoms. The Morgan fingerprint density at radius 1 is 1.07 bits per heavy atom. The van der Waals surface area contributed by atoms with Crippen LogP contribution in [0.1, 0.15) is 38.1 Å². The Labute approximate surface area is 92.9 Å². The molecule has 0 saturated heterocycles. The fraction of sp³-hybridized carbons (Fsp3) is 0.462. The second-order valence-electron chi connectivity index (χ2n) is 2.88. The molecule has 0 aliphatic carbocycles. The number of benzene rings is 1. The van der Waals surface area contributed by atoms with Crippen molar-refractivity contribution in [1.82, 2.24) is 0 Å². The van der Waals surface area contributed by atoms with Gasteiger partial charge >= 0.3 is 0 Å². The van der Waals surface area contributed by atoms with Crippen molar-refractivity contribution in [3.63, 3.8) is 0 Å². The van der Waals surface area contributed by atoms with Crippen molar-refractivity contribution in [2.24, 2.45) is 0 Å². The molecule has 84 valence electrons. The van der Waals surface area contributed by atoms with E-state index in [0.717, 1.165) is 24.9 Å². The smallest absolute Gasteiger partial charge is 0.150 e. The maximum Gasteiger partial charge on any atom is 0.150 e. The first kappa shape index (κ1) is 13.7. The summed E-state index contributed by atoms with van der Waals surface area (Å²) in [4.78, 5) is 12.7. The van der Waals surface area contributed by atoms with Gasteiger partial charge < -0.3 is 4.90 Å². The first-order chi connectivity index (χ1) is 7.31. The van der Waals surface area contributed by atoms with Gasteiger partial charge in [-0.05, 0) is 38.1 Å². The van der Waals surface area contributed by atoms with Crippen LogP contribution in [0.2, 0.25) is 0 Å². The lowest BCUT2D eigenvalue weighted by Gasteiger charge is -2.20. The number of hydrogen-bond acceptors (Lipinski definition) is 2. The summed E-state index contributed by atoms with van der Waals surface area (Å²) < 4.78 is 0. The van der Waals surface area contributed by atoms with Gasteiger partial charge in [0.2, 0.25) is 0 Å². The number of carbonyl (C=O) groups is 1. The van der Waals surface area contributed by atoms with Crippen LogP contribution in [0.5, 0.6) is 0 Å². The Kier molecular flexibility index (Phi) is 7.33. The summed E-state index contributed by atoms with van der Waals surface area (Å²) in [5.41, 5.74) is 1.91. The predicted octanol–water partition coefficient (Wildman–Crippen LogP) is 3.37. The van der Waals surface area contributed by atoms with E-state index in [-0.39, 0.29) is 0 Å². The van der Waals surface area contributed by atoms with E-state index in [9.17, 15) is 4.79 Å². The molecule has 0 spiro atoms. The van der Waals surface area contributed by atoms with Gasteiger partial charge in [0.1, 0.15) is 6.29 Å². The van der Waals surface area contributed by atoms with Gasteiger partial charge in [0, 0.05) is 24.3 Å². The Morgan fingerprint density at radius 2 is 1.53 bits per heavy atom. The van der Waals surface area contributed by atoms with Crippen LogP contribution in [0.4, 0.5) is 5.69 Å². The molecule has 0 aliphatic heterocycles. The molecular formula is C13H21NO. The maximum absolute atomic E-state index is 10.4. The van der Waals surface area contributed by atoms with Crippen LogP contribution in [0.3, 0.4) is 0 Å². The van der Waals surface area contributed by atoms with Gasteiger partial charge in [0.15, 0.2) is 0 Å². The van der Waals surface area contributed by atoms with E-state index in [2.05, 4.69) is 18.7 Å². The first-order valence-electron chi connectivity index (χ1n) is 5.62. The highest BCUT2D eigenvalue weighted by molar-refractivity contribution is 5.75. The van der Waals surface area contributed by atoms with Gasteiger partial charge in [0.25, 0.3) is 0 Å². The highest BCUT2D eigenvalue weighted by Crippen LogP contribution is 2.13. The van der Waals surface area contributed by atoms with Gasteiger partial charge in [0.05, 0.1) is 0 Å². The number of anilines is 1. The highest BCUT2D eigenvalue weighted by atomic mass is 16.1. The van der Waals surface area contributed by atoms with Crippen molar-refractivity contribution in [3.8, 4) is 0 Å². The van der Waals surface area contributed by atoms with Crippen LogP contribution in [0.15, 0.2) is 24.3 Å². The van der Waals surface area contributed by atoms with Gasteiger partial charge in [-0.15, -0.1) is 0 Å². The SMILES string of the molecule is CC.CCN(CC)c1ccc(C=O)cc1. The molecule has 0 aromatic heterocycles. The third-order valence-corrected chi connectivity index (χ3v) is 2.16. The van der Waals surface area contributed by atoms with Crippen LogP contribution >= 0.6 is 0 Å². The van der Waals surface area contributed by atoms with Crippen molar-refractivity contribution >= 4 is 12.0 Å². The Balaban J connectivity index is 0.000000921. The molecule has 0 N–H and O–H groups in total. The molecule has 0 aliphatic rings. The third kappa shape index (κ3) is 4.15. The van der Waals surface area contributed by atoms with Gasteiger partial charge in [-0.25, -0.2) is 0 Å². The molecule has 0 bridgehead atoms. The quantitative estimate of drug-likeness (QED) is 0.705. The van der Waals surface area contributed by atoms with E-state index < -0.39 is 0 Å². The normalized spacial score (nSPS) is 8.80. The summed E-state index contributed by atoms with van der Waals surface area (Å²) in [6.07, 6.45) is 0.867. The minimum Gasteiger partial charge on any atom is -0.372 e. The van der Waals surface area contributed by atoms with E-state index in [4.69, 9.17) is 0 Å². The zero-order valence-corrected chi connectivity index (χ0v) is 10.2. The topological polar surface area (TPSA) is 20.3 Å². The summed E-state index contributed by atoms with van der Waals surface area (Å²) in [6, 6.07) is 7.66. The minimum absolute atomic E-state index is 0.732. The molecule has 1 rings (SSSR count). The summed E-state index contributed by atoms with van der Waals surface area (Å²) in [6.45, 7) is 10.2. The zero-order valence-electron chi connectivity index (χ0n) is 10.2. The fourth-order valence-electron chi connectivity index (χ4n) is 1.35. The van der Waals surface area contributed by atoms with Crippen LogP contribution in [0, 0.1) is 0 Å². The lowest BCUT2D eigenvalue weighted by Crippen LogP contribution is -2.21. The number of carbonyl (C=O) groups excluding carboxylic acids is 1. The molecule has 0 heterocycles. The largest absolute Gasteiger partial charge is 0.372 e. The summed E-state index contributed by atoms with van der Waals surface area (Å²) >= 11 is 0. The van der Waals surface area contributed by atoms with Crippen molar-refractivity contribution < 1.29 is 4.79 Å². The number of rotatable bonds is 4. The number of nitrogens with zero attached hydrogens (tertiary/aromatic N) is 1. The standard InChI is InChI=1S/C11H15NO.C2H6/c1-3-12(4-2)11-7-5-10(9-13)6-8-11;1-2/h5-9H,3-4H2,1-2H3;1-2H3. The van der Waals surface area contributed by atoms with Gasteiger partial charge in [-0.2, -0.15) is 0 Å². The summed E-state index contributed by atoms with van der Waals surface area (Å²) in [7, 11) is 0. The molecule has 0 fully saturated rings. The Morgan fingerprint density at radius 3 is 1.87 bits per heavy atom. The van der Waals surface area contributed by atoms with Crippen molar-refractivity contribution in [1.29, 1.82) is 0 Å². The fourth-order valence-corrected chi connectivity index (χ4v) is 1.35. The van der Waals surface area contributed by atoms with Crippen molar-refractivity contribution in [2.45, 2.75) is 27.7 Å². The molecular weight excluding hydrogens is 186 g/mol. The Hall–Kier alpha value is -1.31. The highest BCUT2D eigenvalue weighted by Gasteiger charge is 1.99. The monoisotopic (exact) mass is 207 g/mol. The molecule has 0 amide bonds. The summed E-state index contributed by atoms with van der Waals surface area (Å²) in [5.74, 6) is 0. The zero-order chi connectivity index (χ0) is 11.7. The van der Waals surface area contributed by atoms with Crippen LogP contribution in [-0.4, -0.2) is 19.4 Å². The van der Waals surface area contributed by atoms with Gasteiger partial charge in [-0.3, -0.25) is 4.79 Å². The van der Waals surface area contributed by atoms with E-state index in [0.29, 0.717) is 0 Å². The molecule has 0 unspecified atom stereocenters. The van der Waals surface area contributed by atoms with Crippen molar-refractivity contribution in [2.75, 3.05) is 18.0 Å². The van der Waals surface area contributed by atoms with Crippen LogP contribution < -0.4 is 4.90 Å². The Bertz CT molecular complexity index is 262. The molecule has 0 atom stereocenters. The molecule has 1 aromatic carbocycles. The number of aldehydes is 1. The molecule has 15 heavy (non-hydrogen) atoms. The molecule has 1 aromatic rings. The van der Waals surface area contributed by atoms with Crippen molar-refractivity contribution in [3.05, 3.63) is 29.8 Å². The molecule has 0 saturated carbocycles. The van der Waals surface area contributed by atoms with Crippen LogP contribution in [-0.2, 0) is 0 Å². The van der Waals surface area contributed by atoms with E-state index in [1.54, 1.807) is 0 Å². The third-order valence-electron chi connectivity index (χ3n) is 2.16. The molecule has 2 nitrogen and oxygen atoms in total. The minimum atomic E-state index is 0.732. The van der Waals surface area contributed by atoms with E-state index in [1.807, 2.05) is 38.1 Å². The maximum atomic E-state index is 10.4. The van der Waals surface area contributed by atoms with Crippen LogP contribution in [0.25, 0.3) is 0 Å². The van der Waals surface area contributed by atoms with E-state index in [1.165, 1.54) is 5.69 Å². The number of hydrogen-bond donors (Lipinski definition) is 0. The predicted molar refractivity (Wildman–Crippen MR) is 66.7 cm³/mol. The average molecular weight is 207 g/mol. The lowest BCUT2D eigenvalue weighted by atomic mass is 10.2. The average Bonchev–Trinajstić information content (AvgIpc) is 2.34. The second-order valence-corrected chi connectivity index (χ2v) is 2.88. The summed E-state index contributed by atoms with van der Waals surface area (Å²) in [5, 5.41) is 0. The lowest BCUT2D eigenvalue weighted by molar-refractivity contribution is 0.112. The first-order valence-corrected chi connectivity index (χ1v) is 5.62. The second kappa shape index (κ2) is 8.04. The van der Waals surface area contributed by atoms with Gasteiger partial charge in [-0.1, -0.05) is 13.8 Å². The van der Waals surface area contributed by atoms with E-state index >= 15 is 0 Å².